The lowest BCUT2D eigenvalue weighted by atomic mass is 9.75. The Hall–Kier alpha value is -0.280. The van der Waals surface area contributed by atoms with Gasteiger partial charge in [0.15, 0.2) is 0 Å². The molecule has 0 N–H and O–H groups in total. The Balaban J connectivity index is 0.000000963. The molecule has 1 atom stereocenters. The lowest BCUT2D eigenvalue weighted by Crippen LogP contribution is -2.50. The van der Waals surface area contributed by atoms with E-state index in [0.29, 0.717) is 5.92 Å². The van der Waals surface area contributed by atoms with E-state index < -0.39 is 0 Å². The first-order valence-corrected chi connectivity index (χ1v) is 6.22. The van der Waals surface area contributed by atoms with E-state index >= 15 is 0 Å². The van der Waals surface area contributed by atoms with Crippen molar-refractivity contribution in [3.63, 3.8) is 0 Å². The first-order chi connectivity index (χ1) is 7.38. The Kier molecular flexibility index (Phi) is 3.75. The highest BCUT2D eigenvalue weighted by atomic mass is 35.5. The molecule has 1 saturated carbocycles. The molecule has 92 valence electrons. The summed E-state index contributed by atoms with van der Waals surface area (Å²) in [5.74, 6) is 2.36. The van der Waals surface area contributed by atoms with Crippen LogP contribution in [0.15, 0.2) is 5.16 Å². The molecular formula is C12H21ClN2O. The molecule has 3 nitrogen and oxygen atoms in total. The summed E-state index contributed by atoms with van der Waals surface area (Å²) in [7, 11) is 1.68. The zero-order valence-corrected chi connectivity index (χ0v) is 10.7. The largest absolute Gasteiger partial charge is 0.399 e. The van der Waals surface area contributed by atoms with Crippen LogP contribution in [0.4, 0.5) is 0 Å². The van der Waals surface area contributed by atoms with Gasteiger partial charge >= 0.3 is 0 Å². The molecule has 0 spiro atoms. The van der Waals surface area contributed by atoms with Crippen LogP contribution in [0.2, 0.25) is 0 Å². The molecule has 0 radical (unpaired) electrons. The second-order valence-electron chi connectivity index (χ2n) is 5.22. The molecule has 4 aliphatic rings. The molecule has 4 rings (SSSR count). The van der Waals surface area contributed by atoms with Gasteiger partial charge in [0.1, 0.15) is 7.11 Å². The Morgan fingerprint density at radius 2 is 1.88 bits per heavy atom. The minimum absolute atomic E-state index is 0. The quantitative estimate of drug-likeness (QED) is 0.562. The summed E-state index contributed by atoms with van der Waals surface area (Å²) in [6.07, 6.45) is 5.43. The highest BCUT2D eigenvalue weighted by Gasteiger charge is 2.42. The van der Waals surface area contributed by atoms with Gasteiger partial charge < -0.3 is 9.74 Å². The van der Waals surface area contributed by atoms with Crippen LogP contribution in [0.3, 0.4) is 0 Å². The summed E-state index contributed by atoms with van der Waals surface area (Å²) >= 11 is 0. The van der Waals surface area contributed by atoms with E-state index in [-0.39, 0.29) is 12.4 Å². The molecule has 3 saturated heterocycles. The van der Waals surface area contributed by atoms with Gasteiger partial charge in [-0.25, -0.2) is 0 Å². The number of fused-ring (bicyclic) bond motifs is 3. The van der Waals surface area contributed by atoms with Crippen molar-refractivity contribution in [2.24, 2.45) is 22.9 Å². The van der Waals surface area contributed by atoms with Crippen LogP contribution in [-0.2, 0) is 4.84 Å². The van der Waals surface area contributed by atoms with Crippen molar-refractivity contribution in [1.82, 2.24) is 4.90 Å². The highest BCUT2D eigenvalue weighted by Crippen LogP contribution is 2.41. The van der Waals surface area contributed by atoms with E-state index in [1.54, 1.807) is 7.11 Å². The fourth-order valence-corrected chi connectivity index (χ4v) is 3.23. The highest BCUT2D eigenvalue weighted by molar-refractivity contribution is 5.91. The average Bonchev–Trinajstić information content (AvgIpc) is 3.11. The summed E-state index contributed by atoms with van der Waals surface area (Å²) in [5, 5.41) is 4.32. The Bertz CT molecular complexity index is 270. The third kappa shape index (κ3) is 2.21. The molecule has 4 heteroatoms. The van der Waals surface area contributed by atoms with Crippen molar-refractivity contribution < 1.29 is 4.84 Å². The summed E-state index contributed by atoms with van der Waals surface area (Å²) in [5.41, 5.74) is 1.38. The molecule has 0 amide bonds. The third-order valence-electron chi connectivity index (χ3n) is 4.23. The standard InChI is InChI=1S/C12H20N2O.ClH/c1-15-13-12(10-2-3-10)11-8-14-6-4-9(11)5-7-14;/h9-11H,2-8H2,1H3;1H/t11-;/m0./s1. The lowest BCUT2D eigenvalue weighted by Gasteiger charge is -2.45. The maximum absolute atomic E-state index is 5.04. The normalized spacial score (nSPS) is 38.1. The van der Waals surface area contributed by atoms with Crippen molar-refractivity contribution in [3.8, 4) is 0 Å². The van der Waals surface area contributed by atoms with Crippen LogP contribution >= 0.6 is 12.4 Å². The van der Waals surface area contributed by atoms with Gasteiger partial charge in [-0.05, 0) is 44.7 Å². The molecule has 0 aromatic carbocycles. The fourth-order valence-electron chi connectivity index (χ4n) is 3.23. The van der Waals surface area contributed by atoms with E-state index in [2.05, 4.69) is 10.1 Å². The fraction of sp³-hybridized carbons (Fsp3) is 0.917. The van der Waals surface area contributed by atoms with Gasteiger partial charge in [0, 0.05) is 18.4 Å². The predicted molar refractivity (Wildman–Crippen MR) is 67.1 cm³/mol. The monoisotopic (exact) mass is 244 g/mol. The molecule has 2 bridgehead atoms. The number of oxime groups is 1. The van der Waals surface area contributed by atoms with E-state index in [9.17, 15) is 0 Å². The molecule has 1 aliphatic carbocycles. The van der Waals surface area contributed by atoms with Gasteiger partial charge in [0.2, 0.25) is 0 Å². The lowest BCUT2D eigenvalue weighted by molar-refractivity contribution is 0.0779. The first kappa shape index (κ1) is 12.2. The van der Waals surface area contributed by atoms with Crippen LogP contribution in [0, 0.1) is 17.8 Å². The molecular weight excluding hydrogens is 224 g/mol. The Labute approximate surface area is 104 Å². The zero-order valence-electron chi connectivity index (χ0n) is 9.89. The number of rotatable bonds is 3. The van der Waals surface area contributed by atoms with E-state index in [4.69, 9.17) is 4.84 Å². The minimum atomic E-state index is 0. The van der Waals surface area contributed by atoms with Crippen LogP contribution in [0.25, 0.3) is 0 Å². The molecule has 0 aromatic rings. The second kappa shape index (κ2) is 4.92. The van der Waals surface area contributed by atoms with Crippen molar-refractivity contribution in [2.75, 3.05) is 26.7 Å². The van der Waals surface area contributed by atoms with Gasteiger partial charge in [0.05, 0.1) is 5.71 Å². The maximum atomic E-state index is 5.04. The number of piperidine rings is 3. The van der Waals surface area contributed by atoms with E-state index in [1.807, 2.05) is 0 Å². The van der Waals surface area contributed by atoms with Gasteiger partial charge in [0.25, 0.3) is 0 Å². The second-order valence-corrected chi connectivity index (χ2v) is 5.22. The Morgan fingerprint density at radius 1 is 1.19 bits per heavy atom. The maximum Gasteiger partial charge on any atom is 0.106 e. The summed E-state index contributed by atoms with van der Waals surface area (Å²) in [4.78, 5) is 7.63. The van der Waals surface area contributed by atoms with Crippen molar-refractivity contribution in [3.05, 3.63) is 0 Å². The van der Waals surface area contributed by atoms with E-state index in [1.165, 1.54) is 51.0 Å². The number of halogens is 1. The molecule has 0 unspecified atom stereocenters. The van der Waals surface area contributed by atoms with Gasteiger partial charge in [-0.2, -0.15) is 0 Å². The van der Waals surface area contributed by atoms with Gasteiger partial charge in [-0.3, -0.25) is 0 Å². The Morgan fingerprint density at radius 3 is 2.31 bits per heavy atom. The van der Waals surface area contributed by atoms with E-state index in [0.717, 1.165) is 11.8 Å². The minimum Gasteiger partial charge on any atom is -0.399 e. The predicted octanol–water partition coefficient (Wildman–Crippen LogP) is 2.16. The first-order valence-electron chi connectivity index (χ1n) is 6.22. The molecule has 3 aliphatic heterocycles. The SMILES string of the molecule is CON=C(C1CC1)[C@H]1CN2CCC1CC2.Cl. The van der Waals surface area contributed by atoms with Gasteiger partial charge in [-0.15, -0.1) is 12.4 Å². The molecule has 4 fully saturated rings. The average molecular weight is 245 g/mol. The third-order valence-corrected chi connectivity index (χ3v) is 4.23. The number of hydrogen-bond donors (Lipinski definition) is 0. The van der Waals surface area contributed by atoms with Crippen LogP contribution in [-0.4, -0.2) is 37.4 Å². The van der Waals surface area contributed by atoms with Crippen LogP contribution in [0.1, 0.15) is 25.7 Å². The van der Waals surface area contributed by atoms with Crippen molar-refractivity contribution in [2.45, 2.75) is 25.7 Å². The molecule has 16 heavy (non-hydrogen) atoms. The topological polar surface area (TPSA) is 24.8 Å². The summed E-state index contributed by atoms with van der Waals surface area (Å²) in [6, 6.07) is 0. The van der Waals surface area contributed by atoms with Gasteiger partial charge in [-0.1, -0.05) is 5.16 Å². The summed E-state index contributed by atoms with van der Waals surface area (Å²) < 4.78 is 0. The summed E-state index contributed by atoms with van der Waals surface area (Å²) in [6.45, 7) is 3.86. The number of hydrogen-bond acceptors (Lipinski definition) is 3. The van der Waals surface area contributed by atoms with Crippen molar-refractivity contribution in [1.29, 1.82) is 0 Å². The smallest absolute Gasteiger partial charge is 0.106 e. The number of nitrogens with zero attached hydrogens (tertiary/aromatic N) is 2. The van der Waals surface area contributed by atoms with Crippen LogP contribution < -0.4 is 0 Å². The van der Waals surface area contributed by atoms with Crippen molar-refractivity contribution >= 4 is 18.1 Å². The molecule has 0 aromatic heterocycles. The zero-order chi connectivity index (χ0) is 10.3. The van der Waals surface area contributed by atoms with Crippen LogP contribution in [0.5, 0.6) is 0 Å². The molecule has 3 heterocycles.